The zero-order valence-corrected chi connectivity index (χ0v) is 16.6. The number of carboxylic acid groups (broad SMARTS) is 1. The number of alkyl carbamates (subject to hydrolysis) is 1. The van der Waals surface area contributed by atoms with Crippen LogP contribution in [0, 0.1) is 5.92 Å². The standard InChI is InChI=1S/C16H31NO5Si/c1-14(2,3)22-13(20)17-16(12(18)19)9-11(16)10-21-23(7,8)15(4,5)6/h11H,9-10H2,1-8H3,(H,17,20)(H,18,19)/t11-,16+/m1/s1. The van der Waals surface area contributed by atoms with Crippen LogP contribution in [0.5, 0.6) is 0 Å². The minimum atomic E-state index is -1.94. The average Bonchev–Trinajstić information content (AvgIpc) is 2.97. The molecule has 134 valence electrons. The van der Waals surface area contributed by atoms with Crippen LogP contribution in [0.2, 0.25) is 18.1 Å². The molecule has 0 heterocycles. The summed E-state index contributed by atoms with van der Waals surface area (Å²) in [6, 6.07) is 0. The fraction of sp³-hybridized carbons (Fsp3) is 0.875. The third-order valence-electron chi connectivity index (χ3n) is 4.66. The summed E-state index contributed by atoms with van der Waals surface area (Å²) in [6.07, 6.45) is -0.328. The van der Waals surface area contributed by atoms with Gasteiger partial charge in [-0.25, -0.2) is 9.59 Å². The lowest BCUT2D eigenvalue weighted by Crippen LogP contribution is -2.48. The van der Waals surface area contributed by atoms with Crippen LogP contribution in [-0.2, 0) is 14.0 Å². The molecule has 0 bridgehead atoms. The SMILES string of the molecule is CC(C)(C)OC(=O)N[C@@]1(C(=O)O)C[C@@H]1CO[Si](C)(C)C(C)(C)C. The summed E-state index contributed by atoms with van der Waals surface area (Å²) >= 11 is 0. The molecule has 2 atom stereocenters. The summed E-state index contributed by atoms with van der Waals surface area (Å²) in [6.45, 7) is 16.2. The lowest BCUT2D eigenvalue weighted by atomic mass is 10.2. The van der Waals surface area contributed by atoms with Crippen LogP contribution < -0.4 is 5.32 Å². The van der Waals surface area contributed by atoms with Crippen molar-refractivity contribution >= 4 is 20.4 Å². The molecule has 1 saturated carbocycles. The molecule has 0 spiro atoms. The van der Waals surface area contributed by atoms with Crippen molar-refractivity contribution in [3.8, 4) is 0 Å². The number of aliphatic carboxylic acids is 1. The van der Waals surface area contributed by atoms with Crippen molar-refractivity contribution in [1.29, 1.82) is 0 Å². The molecular formula is C16H31NO5Si. The molecule has 6 nitrogen and oxygen atoms in total. The largest absolute Gasteiger partial charge is 0.479 e. The van der Waals surface area contributed by atoms with Crippen molar-refractivity contribution < 1.29 is 23.9 Å². The molecular weight excluding hydrogens is 314 g/mol. The number of hydrogen-bond donors (Lipinski definition) is 2. The van der Waals surface area contributed by atoms with Crippen LogP contribution in [0.4, 0.5) is 4.79 Å². The number of hydrogen-bond acceptors (Lipinski definition) is 4. The maximum atomic E-state index is 11.9. The van der Waals surface area contributed by atoms with Gasteiger partial charge in [-0.3, -0.25) is 0 Å². The van der Waals surface area contributed by atoms with E-state index >= 15 is 0 Å². The van der Waals surface area contributed by atoms with Gasteiger partial charge in [0.1, 0.15) is 11.1 Å². The number of carbonyl (C=O) groups excluding carboxylic acids is 1. The first kappa shape index (κ1) is 20.0. The molecule has 0 aromatic carbocycles. The Morgan fingerprint density at radius 1 is 1.22 bits per heavy atom. The summed E-state index contributed by atoms with van der Waals surface area (Å²) in [4.78, 5) is 23.5. The highest BCUT2D eigenvalue weighted by Crippen LogP contribution is 2.46. The second-order valence-corrected chi connectivity index (χ2v) is 13.7. The number of rotatable bonds is 5. The van der Waals surface area contributed by atoms with Crippen molar-refractivity contribution in [1.82, 2.24) is 5.32 Å². The van der Waals surface area contributed by atoms with Crippen molar-refractivity contribution in [3.63, 3.8) is 0 Å². The van der Waals surface area contributed by atoms with E-state index in [9.17, 15) is 14.7 Å². The molecule has 7 heteroatoms. The Labute approximate surface area is 140 Å². The normalized spacial score (nSPS) is 25.0. The van der Waals surface area contributed by atoms with Gasteiger partial charge >= 0.3 is 12.1 Å². The van der Waals surface area contributed by atoms with Crippen LogP contribution in [-0.4, -0.2) is 43.2 Å². The monoisotopic (exact) mass is 345 g/mol. The lowest BCUT2D eigenvalue weighted by molar-refractivity contribution is -0.141. The smallest absolute Gasteiger partial charge is 0.408 e. The van der Waals surface area contributed by atoms with E-state index in [1.54, 1.807) is 20.8 Å². The zero-order valence-electron chi connectivity index (χ0n) is 15.6. The highest BCUT2D eigenvalue weighted by Gasteiger charge is 2.62. The summed E-state index contributed by atoms with van der Waals surface area (Å²) in [5, 5.41) is 12.1. The summed E-state index contributed by atoms with van der Waals surface area (Å²) in [5.41, 5.74) is -1.92. The molecule has 0 aromatic heterocycles. The predicted molar refractivity (Wildman–Crippen MR) is 91.0 cm³/mol. The maximum Gasteiger partial charge on any atom is 0.408 e. The van der Waals surface area contributed by atoms with E-state index in [0.717, 1.165) is 0 Å². The van der Waals surface area contributed by atoms with E-state index in [4.69, 9.17) is 9.16 Å². The quantitative estimate of drug-likeness (QED) is 0.746. The zero-order chi connectivity index (χ0) is 18.3. The van der Waals surface area contributed by atoms with Gasteiger partial charge < -0.3 is 19.6 Å². The lowest BCUT2D eigenvalue weighted by Gasteiger charge is -2.36. The van der Waals surface area contributed by atoms with Crippen molar-refractivity contribution in [2.75, 3.05) is 6.61 Å². The van der Waals surface area contributed by atoms with Crippen LogP contribution >= 0.6 is 0 Å². The molecule has 1 aliphatic carbocycles. The summed E-state index contributed by atoms with van der Waals surface area (Å²) < 4.78 is 11.3. The van der Waals surface area contributed by atoms with Gasteiger partial charge in [0, 0.05) is 12.5 Å². The van der Waals surface area contributed by atoms with Crippen molar-refractivity contribution in [2.45, 2.75) is 77.2 Å². The maximum absolute atomic E-state index is 11.9. The number of amides is 1. The van der Waals surface area contributed by atoms with E-state index in [-0.39, 0.29) is 11.0 Å². The van der Waals surface area contributed by atoms with E-state index < -0.39 is 31.5 Å². The van der Waals surface area contributed by atoms with Crippen LogP contribution in [0.3, 0.4) is 0 Å². The highest BCUT2D eigenvalue weighted by molar-refractivity contribution is 6.74. The molecule has 0 aromatic rings. The average molecular weight is 346 g/mol. The molecule has 0 unspecified atom stereocenters. The van der Waals surface area contributed by atoms with Gasteiger partial charge in [0.15, 0.2) is 8.32 Å². The number of carbonyl (C=O) groups is 2. The van der Waals surface area contributed by atoms with Crippen LogP contribution in [0.1, 0.15) is 48.0 Å². The molecule has 1 fully saturated rings. The van der Waals surface area contributed by atoms with Gasteiger partial charge in [-0.1, -0.05) is 20.8 Å². The van der Waals surface area contributed by atoms with Crippen molar-refractivity contribution in [2.24, 2.45) is 5.92 Å². The van der Waals surface area contributed by atoms with Gasteiger partial charge in [0.05, 0.1) is 0 Å². The minimum Gasteiger partial charge on any atom is -0.479 e. The third-order valence-corrected chi connectivity index (χ3v) is 9.16. The summed E-state index contributed by atoms with van der Waals surface area (Å²) in [5.74, 6) is -1.26. The van der Waals surface area contributed by atoms with Gasteiger partial charge in [0.2, 0.25) is 0 Å². The topological polar surface area (TPSA) is 84.9 Å². The summed E-state index contributed by atoms with van der Waals surface area (Å²) in [7, 11) is -1.94. The first-order valence-electron chi connectivity index (χ1n) is 7.99. The Hall–Kier alpha value is -1.08. The van der Waals surface area contributed by atoms with Crippen LogP contribution in [0.15, 0.2) is 0 Å². The van der Waals surface area contributed by atoms with Gasteiger partial charge in [0.25, 0.3) is 0 Å². The molecule has 23 heavy (non-hydrogen) atoms. The highest BCUT2D eigenvalue weighted by atomic mass is 28.4. The van der Waals surface area contributed by atoms with Gasteiger partial charge in [-0.15, -0.1) is 0 Å². The van der Waals surface area contributed by atoms with E-state index in [2.05, 4.69) is 39.2 Å². The first-order chi connectivity index (χ1) is 10.1. The van der Waals surface area contributed by atoms with E-state index in [0.29, 0.717) is 13.0 Å². The fourth-order valence-corrected chi connectivity index (χ4v) is 3.06. The Morgan fingerprint density at radius 2 is 1.74 bits per heavy atom. The van der Waals surface area contributed by atoms with E-state index in [1.165, 1.54) is 0 Å². The molecule has 1 rings (SSSR count). The van der Waals surface area contributed by atoms with E-state index in [1.807, 2.05) is 0 Å². The van der Waals surface area contributed by atoms with Crippen LogP contribution in [0.25, 0.3) is 0 Å². The fourth-order valence-electron chi connectivity index (χ4n) is 2.01. The second-order valence-electron chi connectivity index (χ2n) is 8.88. The Balaban J connectivity index is 2.67. The first-order valence-corrected chi connectivity index (χ1v) is 10.9. The molecule has 1 amide bonds. The number of nitrogens with one attached hydrogen (secondary N) is 1. The molecule has 0 aliphatic heterocycles. The Morgan fingerprint density at radius 3 is 2.13 bits per heavy atom. The number of carboxylic acids is 1. The van der Waals surface area contributed by atoms with Gasteiger partial charge in [-0.05, 0) is 45.3 Å². The molecule has 0 saturated heterocycles. The third kappa shape index (κ3) is 4.94. The molecule has 0 radical (unpaired) electrons. The minimum absolute atomic E-state index is 0.0619. The number of ether oxygens (including phenoxy) is 1. The van der Waals surface area contributed by atoms with Gasteiger partial charge in [-0.2, -0.15) is 0 Å². The predicted octanol–water partition coefficient (Wildman–Crippen LogP) is 3.38. The second kappa shape index (κ2) is 6.09. The molecule has 1 aliphatic rings. The Bertz CT molecular complexity index is 478. The van der Waals surface area contributed by atoms with Crippen molar-refractivity contribution in [3.05, 3.63) is 0 Å². The molecule has 2 N–H and O–H groups in total. The Kier molecular flexibility index (Phi) is 5.28.